The van der Waals surface area contributed by atoms with Crippen molar-refractivity contribution in [3.8, 4) is 5.75 Å². The van der Waals surface area contributed by atoms with Crippen LogP contribution in [0, 0.1) is 5.41 Å². The molecule has 0 unspecified atom stereocenters. The van der Waals surface area contributed by atoms with Crippen molar-refractivity contribution in [2.45, 2.75) is 20.5 Å². The van der Waals surface area contributed by atoms with E-state index in [1.54, 1.807) is 0 Å². The minimum Gasteiger partial charge on any atom is -0.489 e. The Labute approximate surface area is 155 Å². The quantitative estimate of drug-likeness (QED) is 0.663. The number of fused-ring (bicyclic) bond motifs is 1. The highest BCUT2D eigenvalue weighted by Gasteiger charge is 2.34. The fourth-order valence-corrected chi connectivity index (χ4v) is 3.18. The maximum Gasteiger partial charge on any atom is 0.494 e. The van der Waals surface area contributed by atoms with Gasteiger partial charge in [-0.05, 0) is 33.9 Å². The second-order valence-corrected chi connectivity index (χ2v) is 7.62. The smallest absolute Gasteiger partial charge is 0.489 e. The van der Waals surface area contributed by atoms with Crippen LogP contribution < -0.4 is 10.2 Å². The molecule has 0 amide bonds. The molecular weight excluding hydrogens is 323 g/mol. The van der Waals surface area contributed by atoms with E-state index in [1.807, 2.05) is 24.3 Å². The molecule has 0 aromatic heterocycles. The summed E-state index contributed by atoms with van der Waals surface area (Å²) >= 11 is 0. The maximum absolute atomic E-state index is 5.99. The van der Waals surface area contributed by atoms with Crippen molar-refractivity contribution in [1.82, 2.24) is 0 Å². The first-order valence-electron chi connectivity index (χ1n) is 9.03. The molecule has 0 spiro atoms. The molecule has 0 bridgehead atoms. The molecule has 0 atom stereocenters. The molecule has 1 fully saturated rings. The van der Waals surface area contributed by atoms with E-state index in [-0.39, 0.29) is 12.5 Å². The molecule has 1 heterocycles. The lowest BCUT2D eigenvalue weighted by molar-refractivity contribution is 0.0344. The zero-order chi connectivity index (χ0) is 18.0. The molecule has 4 rings (SSSR count). The molecule has 0 radical (unpaired) electrons. The van der Waals surface area contributed by atoms with Crippen LogP contribution in [0.1, 0.15) is 19.4 Å². The number of hydrogen-bond donors (Lipinski definition) is 0. The molecular formula is C22H23BO3. The number of rotatable bonds is 4. The SMILES string of the molecule is CC1(C)COB(c2cccc3ccc(OCc4ccccc4)cc23)OC1. The Hall–Kier alpha value is -2.30. The van der Waals surface area contributed by atoms with Crippen LogP contribution in [0.3, 0.4) is 0 Å². The molecule has 3 aromatic carbocycles. The molecule has 1 aliphatic heterocycles. The molecule has 4 heteroatoms. The van der Waals surface area contributed by atoms with Crippen molar-refractivity contribution in [2.75, 3.05) is 13.2 Å². The maximum atomic E-state index is 5.99. The van der Waals surface area contributed by atoms with Gasteiger partial charge < -0.3 is 14.0 Å². The Kier molecular flexibility index (Phi) is 4.71. The van der Waals surface area contributed by atoms with Crippen LogP contribution in [-0.4, -0.2) is 20.3 Å². The Morgan fingerprint density at radius 2 is 1.69 bits per heavy atom. The van der Waals surface area contributed by atoms with Crippen LogP contribution in [0.5, 0.6) is 5.75 Å². The fourth-order valence-electron chi connectivity index (χ4n) is 3.18. The standard InChI is InChI=1S/C22H23BO3/c1-22(2)15-25-23(26-16-22)21-10-6-9-18-11-12-19(13-20(18)21)24-14-17-7-4-3-5-8-17/h3-13H,14-16H2,1-2H3. The highest BCUT2D eigenvalue weighted by Crippen LogP contribution is 2.25. The number of ether oxygens (including phenoxy) is 1. The van der Waals surface area contributed by atoms with Gasteiger partial charge in [0.1, 0.15) is 12.4 Å². The molecule has 1 saturated heterocycles. The predicted octanol–water partition coefficient (Wildman–Crippen LogP) is 4.19. The monoisotopic (exact) mass is 346 g/mol. The molecule has 0 saturated carbocycles. The van der Waals surface area contributed by atoms with Crippen molar-refractivity contribution in [1.29, 1.82) is 0 Å². The van der Waals surface area contributed by atoms with Crippen LogP contribution in [0.25, 0.3) is 10.8 Å². The van der Waals surface area contributed by atoms with E-state index >= 15 is 0 Å². The summed E-state index contributed by atoms with van der Waals surface area (Å²) in [6.45, 7) is 6.25. The van der Waals surface area contributed by atoms with Gasteiger partial charge in [0, 0.05) is 18.6 Å². The van der Waals surface area contributed by atoms with Gasteiger partial charge in [-0.25, -0.2) is 0 Å². The lowest BCUT2D eigenvalue weighted by atomic mass is 9.73. The van der Waals surface area contributed by atoms with E-state index < -0.39 is 0 Å². The topological polar surface area (TPSA) is 27.7 Å². The highest BCUT2D eigenvalue weighted by molar-refractivity contribution is 6.64. The van der Waals surface area contributed by atoms with Crippen molar-refractivity contribution in [3.05, 3.63) is 72.3 Å². The lowest BCUT2D eigenvalue weighted by Crippen LogP contribution is -2.47. The van der Waals surface area contributed by atoms with Crippen LogP contribution in [0.15, 0.2) is 66.7 Å². The van der Waals surface area contributed by atoms with Gasteiger partial charge in [0.25, 0.3) is 0 Å². The Balaban J connectivity index is 1.58. The highest BCUT2D eigenvalue weighted by atomic mass is 16.6. The van der Waals surface area contributed by atoms with E-state index in [1.165, 1.54) is 0 Å². The van der Waals surface area contributed by atoms with Gasteiger partial charge in [0.2, 0.25) is 0 Å². The van der Waals surface area contributed by atoms with Crippen molar-refractivity contribution in [2.24, 2.45) is 5.41 Å². The zero-order valence-electron chi connectivity index (χ0n) is 15.3. The first-order valence-corrected chi connectivity index (χ1v) is 9.03. The van der Waals surface area contributed by atoms with E-state index in [0.717, 1.165) is 27.5 Å². The Morgan fingerprint density at radius 3 is 2.46 bits per heavy atom. The van der Waals surface area contributed by atoms with Gasteiger partial charge in [-0.15, -0.1) is 0 Å². The number of hydrogen-bond acceptors (Lipinski definition) is 3. The third-order valence-electron chi connectivity index (χ3n) is 4.64. The first-order chi connectivity index (χ1) is 12.6. The average Bonchev–Trinajstić information content (AvgIpc) is 2.67. The summed E-state index contributed by atoms with van der Waals surface area (Å²) in [6, 6.07) is 22.6. The summed E-state index contributed by atoms with van der Waals surface area (Å²) < 4.78 is 18.0. The van der Waals surface area contributed by atoms with Gasteiger partial charge in [-0.3, -0.25) is 0 Å². The fraction of sp³-hybridized carbons (Fsp3) is 0.273. The molecule has 1 aliphatic rings. The minimum atomic E-state index is -0.323. The van der Waals surface area contributed by atoms with E-state index in [2.05, 4.69) is 56.3 Å². The predicted molar refractivity (Wildman–Crippen MR) is 106 cm³/mol. The molecule has 132 valence electrons. The largest absolute Gasteiger partial charge is 0.494 e. The van der Waals surface area contributed by atoms with E-state index in [4.69, 9.17) is 14.0 Å². The second-order valence-electron chi connectivity index (χ2n) is 7.62. The molecule has 0 N–H and O–H groups in total. The van der Waals surface area contributed by atoms with Crippen molar-refractivity contribution in [3.63, 3.8) is 0 Å². The summed E-state index contributed by atoms with van der Waals surface area (Å²) in [7, 11) is -0.323. The van der Waals surface area contributed by atoms with Crippen LogP contribution >= 0.6 is 0 Å². The van der Waals surface area contributed by atoms with Gasteiger partial charge in [0.05, 0.1) is 0 Å². The van der Waals surface area contributed by atoms with Gasteiger partial charge in [0.15, 0.2) is 0 Å². The third-order valence-corrected chi connectivity index (χ3v) is 4.64. The van der Waals surface area contributed by atoms with Gasteiger partial charge >= 0.3 is 7.12 Å². The Morgan fingerprint density at radius 1 is 0.923 bits per heavy atom. The van der Waals surface area contributed by atoms with E-state index in [9.17, 15) is 0 Å². The lowest BCUT2D eigenvalue weighted by Gasteiger charge is -2.33. The molecule has 3 aromatic rings. The van der Waals surface area contributed by atoms with Gasteiger partial charge in [-0.2, -0.15) is 0 Å². The normalized spacial score (nSPS) is 16.6. The Bertz CT molecular complexity index is 882. The van der Waals surface area contributed by atoms with Crippen LogP contribution in [-0.2, 0) is 15.9 Å². The minimum absolute atomic E-state index is 0.0606. The molecule has 3 nitrogen and oxygen atoms in total. The first kappa shape index (κ1) is 17.1. The summed E-state index contributed by atoms with van der Waals surface area (Å²) in [5, 5.41) is 2.27. The average molecular weight is 346 g/mol. The summed E-state index contributed by atoms with van der Waals surface area (Å²) in [5.41, 5.74) is 2.27. The third kappa shape index (κ3) is 3.77. The van der Waals surface area contributed by atoms with Crippen LogP contribution in [0.4, 0.5) is 0 Å². The molecule has 26 heavy (non-hydrogen) atoms. The second kappa shape index (κ2) is 7.14. The van der Waals surface area contributed by atoms with Crippen LogP contribution in [0.2, 0.25) is 0 Å². The molecule has 0 aliphatic carbocycles. The summed E-state index contributed by atoms with van der Waals surface area (Å²) in [6.07, 6.45) is 0. The van der Waals surface area contributed by atoms with E-state index in [0.29, 0.717) is 19.8 Å². The zero-order valence-corrected chi connectivity index (χ0v) is 15.3. The van der Waals surface area contributed by atoms with Gasteiger partial charge in [-0.1, -0.05) is 68.4 Å². The van der Waals surface area contributed by atoms with Crippen molar-refractivity contribution >= 4 is 23.4 Å². The number of benzene rings is 3. The summed E-state index contributed by atoms with van der Waals surface area (Å²) in [5.74, 6) is 0.852. The summed E-state index contributed by atoms with van der Waals surface area (Å²) in [4.78, 5) is 0. The van der Waals surface area contributed by atoms with Crippen molar-refractivity contribution < 1.29 is 14.0 Å².